The Balaban J connectivity index is 1.41. The molecule has 0 aliphatic rings. The lowest BCUT2D eigenvalue weighted by molar-refractivity contribution is -0.118. The average molecular weight is 400 g/mol. The van der Waals surface area contributed by atoms with Crippen molar-refractivity contribution in [3.05, 3.63) is 66.2 Å². The quantitative estimate of drug-likeness (QED) is 0.417. The molecular weight excluding hydrogens is 382 g/mol. The average Bonchev–Trinajstić information content (AvgIpc) is 3.13. The number of carbonyl (C=O) groups is 2. The summed E-state index contributed by atoms with van der Waals surface area (Å²) in [5.41, 5.74) is 1.73. The summed E-state index contributed by atoms with van der Waals surface area (Å²) < 4.78 is 0.611. The summed E-state index contributed by atoms with van der Waals surface area (Å²) in [5, 5.41) is 16.4. The van der Waals surface area contributed by atoms with Crippen molar-refractivity contribution in [1.29, 1.82) is 0 Å². The van der Waals surface area contributed by atoms with Gasteiger partial charge in [0.1, 0.15) is 0 Å². The second-order valence-corrected chi connectivity index (χ2v) is 7.57. The molecule has 0 radical (unpaired) electrons. The van der Waals surface area contributed by atoms with Gasteiger partial charge in [-0.2, -0.15) is 0 Å². The smallest absolute Gasteiger partial charge is 0.325 e. The monoisotopic (exact) mass is 399 g/mol. The van der Waals surface area contributed by atoms with Crippen LogP contribution >= 0.6 is 23.1 Å². The third kappa shape index (κ3) is 6.39. The summed E-state index contributed by atoms with van der Waals surface area (Å²) in [4.78, 5) is 23.8. The van der Waals surface area contributed by atoms with E-state index in [0.717, 1.165) is 5.56 Å². The number of carbonyl (C=O) groups excluding carboxylic acids is 2. The van der Waals surface area contributed by atoms with E-state index in [0.29, 0.717) is 21.7 Å². The van der Waals surface area contributed by atoms with Crippen molar-refractivity contribution >= 4 is 45.9 Å². The molecule has 3 rings (SSSR count). The first kappa shape index (κ1) is 18.9. The van der Waals surface area contributed by atoms with E-state index >= 15 is 0 Å². The van der Waals surface area contributed by atoms with Gasteiger partial charge in [-0.05, 0) is 17.7 Å². The van der Waals surface area contributed by atoms with Gasteiger partial charge in [-0.15, -0.1) is 10.2 Å². The summed E-state index contributed by atoms with van der Waals surface area (Å²) >= 11 is 2.49. The van der Waals surface area contributed by atoms with Crippen LogP contribution in [0.4, 0.5) is 15.6 Å². The Morgan fingerprint density at radius 2 is 1.63 bits per heavy atom. The first-order valence-electron chi connectivity index (χ1n) is 8.09. The summed E-state index contributed by atoms with van der Waals surface area (Å²) in [5.74, 6) is 0.146. The zero-order valence-electron chi connectivity index (χ0n) is 14.2. The maximum absolute atomic E-state index is 11.9. The number of rotatable bonds is 7. The summed E-state index contributed by atoms with van der Waals surface area (Å²) in [6, 6.07) is 18.4. The van der Waals surface area contributed by atoms with Crippen LogP contribution < -0.4 is 16.0 Å². The van der Waals surface area contributed by atoms with Crippen molar-refractivity contribution in [1.82, 2.24) is 15.5 Å². The lowest BCUT2D eigenvalue weighted by Gasteiger charge is -2.04. The van der Waals surface area contributed by atoms with Crippen molar-refractivity contribution in [2.45, 2.75) is 10.9 Å². The molecule has 2 aromatic carbocycles. The van der Waals surface area contributed by atoms with Gasteiger partial charge in [-0.25, -0.2) is 4.79 Å². The molecule has 0 bridgehead atoms. The Labute approximate surface area is 164 Å². The fourth-order valence-electron chi connectivity index (χ4n) is 2.07. The Bertz CT molecular complexity index is 887. The Morgan fingerprint density at radius 1 is 0.926 bits per heavy atom. The molecular formula is C18H17N5O2S2. The number of benzene rings is 2. The maximum Gasteiger partial charge on any atom is 0.325 e. The molecule has 3 aromatic rings. The zero-order chi connectivity index (χ0) is 18.9. The minimum Gasteiger partial charge on any atom is -0.351 e. The summed E-state index contributed by atoms with van der Waals surface area (Å²) in [6.07, 6.45) is 0. The minimum absolute atomic E-state index is 0.0876. The number of aromatic nitrogens is 2. The van der Waals surface area contributed by atoms with E-state index in [1.807, 2.05) is 48.5 Å². The Morgan fingerprint density at radius 3 is 2.37 bits per heavy atom. The number of nitrogens with one attached hydrogen (secondary N) is 3. The predicted octanol–water partition coefficient (Wildman–Crippen LogP) is 3.59. The fourth-order valence-corrected chi connectivity index (χ4v) is 3.65. The van der Waals surface area contributed by atoms with Crippen LogP contribution in [0.2, 0.25) is 0 Å². The van der Waals surface area contributed by atoms with Crippen LogP contribution in [0.3, 0.4) is 0 Å². The van der Waals surface area contributed by atoms with Crippen molar-refractivity contribution in [2.75, 3.05) is 16.4 Å². The molecule has 27 heavy (non-hydrogen) atoms. The molecule has 0 spiro atoms. The van der Waals surface area contributed by atoms with Gasteiger partial charge in [0.25, 0.3) is 0 Å². The minimum atomic E-state index is -0.394. The molecule has 138 valence electrons. The van der Waals surface area contributed by atoms with Gasteiger partial charge in [0, 0.05) is 12.2 Å². The number of hydrogen-bond acceptors (Lipinski definition) is 6. The predicted molar refractivity (Wildman–Crippen MR) is 108 cm³/mol. The van der Waals surface area contributed by atoms with Gasteiger partial charge < -0.3 is 10.6 Å². The van der Waals surface area contributed by atoms with Gasteiger partial charge in [0.05, 0.1) is 5.75 Å². The zero-order valence-corrected chi connectivity index (χ0v) is 15.8. The third-order valence-electron chi connectivity index (χ3n) is 3.32. The SMILES string of the molecule is O=C(CSc1nnc(NC(=O)Nc2ccccc2)s1)NCc1ccccc1. The lowest BCUT2D eigenvalue weighted by atomic mass is 10.2. The van der Waals surface area contributed by atoms with E-state index < -0.39 is 6.03 Å². The molecule has 0 unspecified atom stereocenters. The van der Waals surface area contributed by atoms with E-state index in [1.165, 1.54) is 23.1 Å². The van der Waals surface area contributed by atoms with Gasteiger partial charge in [-0.3, -0.25) is 10.1 Å². The molecule has 0 atom stereocenters. The van der Waals surface area contributed by atoms with E-state index in [2.05, 4.69) is 26.1 Å². The van der Waals surface area contributed by atoms with Crippen molar-refractivity contribution in [2.24, 2.45) is 0 Å². The van der Waals surface area contributed by atoms with E-state index in [-0.39, 0.29) is 11.7 Å². The van der Waals surface area contributed by atoms with Crippen LogP contribution in [-0.4, -0.2) is 27.9 Å². The van der Waals surface area contributed by atoms with Crippen LogP contribution in [0.5, 0.6) is 0 Å². The highest BCUT2D eigenvalue weighted by atomic mass is 32.2. The van der Waals surface area contributed by atoms with Gasteiger partial charge in [0.15, 0.2) is 4.34 Å². The number of nitrogens with zero attached hydrogens (tertiary/aromatic N) is 2. The van der Waals surface area contributed by atoms with E-state index in [1.54, 1.807) is 12.1 Å². The third-order valence-corrected chi connectivity index (χ3v) is 5.29. The van der Waals surface area contributed by atoms with Crippen molar-refractivity contribution < 1.29 is 9.59 Å². The molecule has 9 heteroatoms. The molecule has 0 saturated carbocycles. The first-order valence-corrected chi connectivity index (χ1v) is 9.89. The normalized spacial score (nSPS) is 10.2. The van der Waals surface area contributed by atoms with Crippen molar-refractivity contribution in [3.8, 4) is 0 Å². The second kappa shape index (κ2) is 9.70. The number of para-hydroxylation sites is 1. The molecule has 1 heterocycles. The summed E-state index contributed by atoms with van der Waals surface area (Å²) in [6.45, 7) is 0.489. The largest absolute Gasteiger partial charge is 0.351 e. The molecule has 3 N–H and O–H groups in total. The van der Waals surface area contributed by atoms with E-state index in [9.17, 15) is 9.59 Å². The molecule has 0 aliphatic carbocycles. The number of anilines is 2. The molecule has 1 aromatic heterocycles. The highest BCUT2D eigenvalue weighted by molar-refractivity contribution is 8.01. The molecule has 0 saturated heterocycles. The van der Waals surface area contributed by atoms with Crippen LogP contribution in [0.15, 0.2) is 65.0 Å². The number of thioether (sulfide) groups is 1. The van der Waals surface area contributed by atoms with Gasteiger partial charge in [-0.1, -0.05) is 71.6 Å². The Kier molecular flexibility index (Phi) is 6.78. The molecule has 7 nitrogen and oxygen atoms in total. The van der Waals surface area contributed by atoms with Gasteiger partial charge in [0.2, 0.25) is 11.0 Å². The second-order valence-electron chi connectivity index (χ2n) is 5.37. The standard InChI is InChI=1S/C18H17N5O2S2/c24-15(19-11-13-7-3-1-4-8-13)12-26-18-23-22-17(27-18)21-16(25)20-14-9-5-2-6-10-14/h1-10H,11-12H2,(H,19,24)(H2,20,21,22,25). The van der Waals surface area contributed by atoms with E-state index in [4.69, 9.17) is 0 Å². The number of urea groups is 1. The van der Waals surface area contributed by atoms with Crippen LogP contribution in [0, 0.1) is 0 Å². The van der Waals surface area contributed by atoms with Crippen LogP contribution in [0.1, 0.15) is 5.56 Å². The van der Waals surface area contributed by atoms with Gasteiger partial charge >= 0.3 is 6.03 Å². The number of amides is 3. The summed E-state index contributed by atoms with van der Waals surface area (Å²) in [7, 11) is 0. The molecule has 0 aliphatic heterocycles. The highest BCUT2D eigenvalue weighted by Gasteiger charge is 2.10. The topological polar surface area (TPSA) is 96.0 Å². The molecule has 0 fully saturated rings. The number of hydrogen-bond donors (Lipinski definition) is 3. The highest BCUT2D eigenvalue weighted by Crippen LogP contribution is 2.25. The lowest BCUT2D eigenvalue weighted by Crippen LogP contribution is -2.24. The maximum atomic E-state index is 11.9. The van der Waals surface area contributed by atoms with Crippen molar-refractivity contribution in [3.63, 3.8) is 0 Å². The first-order chi connectivity index (χ1) is 13.2. The van der Waals surface area contributed by atoms with Crippen LogP contribution in [-0.2, 0) is 11.3 Å². The molecule has 3 amide bonds. The fraction of sp³-hybridized carbons (Fsp3) is 0.111. The van der Waals surface area contributed by atoms with Crippen LogP contribution in [0.25, 0.3) is 0 Å². The Hall–Kier alpha value is -2.91.